The third kappa shape index (κ3) is 4.82. The van der Waals surface area contributed by atoms with Crippen LogP contribution in [0.25, 0.3) is 11.0 Å². The van der Waals surface area contributed by atoms with Crippen molar-refractivity contribution in [3.8, 4) is 0 Å². The Kier molecular flexibility index (Phi) is 7.29. The summed E-state index contributed by atoms with van der Waals surface area (Å²) in [7, 11) is 0. The molecule has 32 heavy (non-hydrogen) atoms. The smallest absolute Gasteiger partial charge is 0.266 e. The number of aromatic nitrogens is 3. The number of benzene rings is 1. The zero-order chi connectivity index (χ0) is 21.8. The Morgan fingerprint density at radius 2 is 1.91 bits per heavy atom. The second kappa shape index (κ2) is 9.94. The maximum atomic E-state index is 13.0. The first-order valence-electron chi connectivity index (χ1n) is 10.1. The number of H-pyrrole nitrogens is 1. The summed E-state index contributed by atoms with van der Waals surface area (Å²) in [5.74, 6) is -0.296. The molecule has 11 heteroatoms. The number of halogens is 1. The summed E-state index contributed by atoms with van der Waals surface area (Å²) in [6, 6.07) is 10.3. The number of aromatic amines is 1. The molecule has 1 atom stereocenters. The summed E-state index contributed by atoms with van der Waals surface area (Å²) in [5.41, 5.74) is 8.57. The predicted octanol–water partition coefficient (Wildman–Crippen LogP) is 0.910. The van der Waals surface area contributed by atoms with Crippen LogP contribution in [0.2, 0.25) is 0 Å². The van der Waals surface area contributed by atoms with Crippen molar-refractivity contribution in [3.05, 3.63) is 54.5 Å². The Morgan fingerprint density at radius 1 is 1.19 bits per heavy atom. The molecular weight excluding hydrogens is 434 g/mol. The van der Waals surface area contributed by atoms with Crippen molar-refractivity contribution in [1.29, 1.82) is 0 Å². The SMILES string of the molecule is Cl.NC1(C(=O)N[C@H](Cc2ccccc2)C(=O)NO)CCN(c2ncnc3[nH]ccc23)CC1. The molecule has 0 saturated carbocycles. The highest BCUT2D eigenvalue weighted by Crippen LogP contribution is 2.28. The summed E-state index contributed by atoms with van der Waals surface area (Å²) < 4.78 is 0. The lowest BCUT2D eigenvalue weighted by molar-refractivity contribution is -0.136. The van der Waals surface area contributed by atoms with E-state index in [0.29, 0.717) is 25.9 Å². The molecule has 3 heterocycles. The summed E-state index contributed by atoms with van der Waals surface area (Å²) in [6.45, 7) is 1.08. The highest BCUT2D eigenvalue weighted by atomic mass is 35.5. The highest BCUT2D eigenvalue weighted by Gasteiger charge is 2.40. The lowest BCUT2D eigenvalue weighted by Gasteiger charge is -2.39. The molecule has 1 saturated heterocycles. The largest absolute Gasteiger partial charge is 0.356 e. The molecule has 4 rings (SSSR count). The lowest BCUT2D eigenvalue weighted by atomic mass is 9.87. The molecule has 170 valence electrons. The van der Waals surface area contributed by atoms with Gasteiger partial charge in [-0.15, -0.1) is 12.4 Å². The summed E-state index contributed by atoms with van der Waals surface area (Å²) in [4.78, 5) is 38.9. The number of anilines is 1. The zero-order valence-electron chi connectivity index (χ0n) is 17.3. The molecule has 1 aliphatic heterocycles. The van der Waals surface area contributed by atoms with Crippen LogP contribution in [0, 0.1) is 0 Å². The number of amides is 2. The first kappa shape index (κ1) is 23.5. The van der Waals surface area contributed by atoms with E-state index in [1.165, 1.54) is 6.33 Å². The van der Waals surface area contributed by atoms with E-state index in [9.17, 15) is 9.59 Å². The minimum Gasteiger partial charge on any atom is -0.356 e. The fourth-order valence-electron chi connectivity index (χ4n) is 3.89. The maximum Gasteiger partial charge on any atom is 0.266 e. The Balaban J connectivity index is 0.00000289. The van der Waals surface area contributed by atoms with Gasteiger partial charge in [0.15, 0.2) is 0 Å². The van der Waals surface area contributed by atoms with E-state index < -0.39 is 23.4 Å². The van der Waals surface area contributed by atoms with Gasteiger partial charge in [0.25, 0.3) is 5.91 Å². The van der Waals surface area contributed by atoms with Crippen LogP contribution in [0.5, 0.6) is 0 Å². The van der Waals surface area contributed by atoms with Gasteiger partial charge in [-0.25, -0.2) is 15.4 Å². The van der Waals surface area contributed by atoms with Gasteiger partial charge in [0.05, 0.1) is 10.9 Å². The van der Waals surface area contributed by atoms with Gasteiger partial charge in [-0.2, -0.15) is 0 Å². The van der Waals surface area contributed by atoms with E-state index in [2.05, 4.69) is 25.2 Å². The van der Waals surface area contributed by atoms with Gasteiger partial charge >= 0.3 is 0 Å². The van der Waals surface area contributed by atoms with Crippen LogP contribution in [0.1, 0.15) is 18.4 Å². The van der Waals surface area contributed by atoms with Crippen LogP contribution in [0.4, 0.5) is 5.82 Å². The molecule has 0 spiro atoms. The average Bonchev–Trinajstić information content (AvgIpc) is 3.28. The van der Waals surface area contributed by atoms with Gasteiger partial charge in [0.1, 0.15) is 23.8 Å². The second-order valence-corrected chi connectivity index (χ2v) is 7.77. The van der Waals surface area contributed by atoms with E-state index in [1.54, 1.807) is 5.48 Å². The fourth-order valence-corrected chi connectivity index (χ4v) is 3.89. The molecule has 1 aromatic carbocycles. The number of piperidine rings is 1. The van der Waals surface area contributed by atoms with Gasteiger partial charge in [-0.05, 0) is 24.5 Å². The van der Waals surface area contributed by atoms with E-state index in [0.717, 1.165) is 22.4 Å². The molecule has 6 N–H and O–H groups in total. The van der Waals surface area contributed by atoms with Gasteiger partial charge in [-0.3, -0.25) is 14.8 Å². The van der Waals surface area contributed by atoms with Crippen LogP contribution in [-0.2, 0) is 16.0 Å². The van der Waals surface area contributed by atoms with Crippen LogP contribution in [-0.4, -0.2) is 56.6 Å². The van der Waals surface area contributed by atoms with E-state index in [4.69, 9.17) is 10.9 Å². The second-order valence-electron chi connectivity index (χ2n) is 7.77. The number of fused-ring (bicyclic) bond motifs is 1. The predicted molar refractivity (Wildman–Crippen MR) is 122 cm³/mol. The van der Waals surface area contributed by atoms with Crippen molar-refractivity contribution in [3.63, 3.8) is 0 Å². The molecule has 1 fully saturated rings. The summed E-state index contributed by atoms with van der Waals surface area (Å²) in [6.07, 6.45) is 4.36. The van der Waals surface area contributed by atoms with Crippen molar-refractivity contribution in [1.82, 2.24) is 25.7 Å². The first-order valence-corrected chi connectivity index (χ1v) is 10.1. The van der Waals surface area contributed by atoms with Crippen molar-refractivity contribution in [2.45, 2.75) is 30.8 Å². The number of nitrogens with two attached hydrogens (primary N) is 1. The Bertz CT molecular complexity index is 1070. The van der Waals surface area contributed by atoms with E-state index >= 15 is 0 Å². The van der Waals surface area contributed by atoms with E-state index in [-0.39, 0.29) is 18.8 Å². The van der Waals surface area contributed by atoms with Gasteiger partial charge in [-0.1, -0.05) is 30.3 Å². The molecule has 1 aliphatic rings. The number of nitrogens with zero attached hydrogens (tertiary/aromatic N) is 3. The monoisotopic (exact) mass is 459 g/mol. The number of carbonyl (C=O) groups is 2. The zero-order valence-corrected chi connectivity index (χ0v) is 18.1. The van der Waals surface area contributed by atoms with E-state index in [1.807, 2.05) is 42.6 Å². The lowest BCUT2D eigenvalue weighted by Crippen LogP contribution is -2.62. The van der Waals surface area contributed by atoms with Gasteiger partial charge in [0, 0.05) is 25.7 Å². The van der Waals surface area contributed by atoms with Crippen molar-refractivity contribution < 1.29 is 14.8 Å². The number of hydrogen-bond acceptors (Lipinski definition) is 7. The average molecular weight is 460 g/mol. The van der Waals surface area contributed by atoms with Crippen LogP contribution >= 0.6 is 12.4 Å². The molecule has 0 radical (unpaired) electrons. The summed E-state index contributed by atoms with van der Waals surface area (Å²) >= 11 is 0. The molecule has 0 unspecified atom stereocenters. The fraction of sp³-hybridized carbons (Fsp3) is 0.333. The van der Waals surface area contributed by atoms with Crippen LogP contribution in [0.15, 0.2) is 48.9 Å². The number of carbonyl (C=O) groups excluding carboxylic acids is 2. The topological polar surface area (TPSA) is 149 Å². The number of hydrogen-bond donors (Lipinski definition) is 5. The number of rotatable bonds is 6. The minimum absolute atomic E-state index is 0. The number of nitrogens with one attached hydrogen (secondary N) is 3. The third-order valence-electron chi connectivity index (χ3n) is 5.76. The third-order valence-corrected chi connectivity index (χ3v) is 5.76. The van der Waals surface area contributed by atoms with Crippen molar-refractivity contribution >= 4 is 41.1 Å². The molecule has 2 amide bonds. The van der Waals surface area contributed by atoms with Gasteiger partial charge in [0.2, 0.25) is 5.91 Å². The maximum absolute atomic E-state index is 13.0. The van der Waals surface area contributed by atoms with Crippen LogP contribution < -0.4 is 21.4 Å². The molecular formula is C21H26ClN7O3. The molecule has 0 bridgehead atoms. The Hall–Kier alpha value is -3.21. The number of hydroxylamine groups is 1. The van der Waals surface area contributed by atoms with Crippen molar-refractivity contribution in [2.75, 3.05) is 18.0 Å². The molecule has 3 aromatic rings. The van der Waals surface area contributed by atoms with Gasteiger partial charge < -0.3 is 20.9 Å². The Morgan fingerprint density at radius 3 is 2.59 bits per heavy atom. The molecule has 0 aliphatic carbocycles. The summed E-state index contributed by atoms with van der Waals surface area (Å²) in [5, 5.41) is 12.7. The highest BCUT2D eigenvalue weighted by molar-refractivity contribution is 5.92. The quantitative estimate of drug-likeness (QED) is 0.271. The first-order chi connectivity index (χ1) is 15.0. The van der Waals surface area contributed by atoms with Crippen LogP contribution in [0.3, 0.4) is 0 Å². The molecule has 10 nitrogen and oxygen atoms in total. The Labute approximate surface area is 191 Å². The standard InChI is InChI=1S/C21H25N7O3.ClH/c22-21(20(30)26-16(19(29)27-31)12-14-4-2-1-3-5-14)7-10-28(11-8-21)18-15-6-9-23-17(15)24-13-25-18;/h1-6,9,13,16,31H,7-8,10-12,22H2,(H,26,30)(H,27,29)(H,23,24,25);1H/t16-;/m1./s1. The molecule has 2 aromatic heterocycles. The normalized spacial score (nSPS) is 16.1. The van der Waals surface area contributed by atoms with Crippen molar-refractivity contribution in [2.24, 2.45) is 5.73 Å². The minimum atomic E-state index is -1.12.